The Morgan fingerprint density at radius 3 is 2.31 bits per heavy atom. The van der Waals surface area contributed by atoms with E-state index < -0.39 is 7.82 Å². The Morgan fingerprint density at radius 1 is 1.31 bits per heavy atom. The molecular weight excluding hydrogens is 188 g/mol. The second-order valence-corrected chi connectivity index (χ2v) is 3.28. The van der Waals surface area contributed by atoms with E-state index in [-0.39, 0.29) is 30.3 Å². The van der Waals surface area contributed by atoms with E-state index in [1.165, 1.54) is 12.1 Å². The number of anilines is 1. The van der Waals surface area contributed by atoms with E-state index in [1.54, 1.807) is 12.1 Å². The number of para-hydroxylation sites is 2. The summed E-state index contributed by atoms with van der Waals surface area (Å²) >= 11 is 0. The molecule has 0 saturated carbocycles. The maximum atomic E-state index is 10.4. The van der Waals surface area contributed by atoms with Crippen LogP contribution in [0.5, 0.6) is 5.75 Å². The molecule has 7 heteroatoms. The van der Waals surface area contributed by atoms with Crippen LogP contribution in [0.2, 0.25) is 0 Å². The molecule has 0 unspecified atom stereocenters. The summed E-state index contributed by atoms with van der Waals surface area (Å²) in [6.07, 6.45) is 0. The van der Waals surface area contributed by atoms with Crippen LogP contribution >= 0.6 is 7.82 Å². The summed E-state index contributed by atoms with van der Waals surface area (Å²) in [5.41, 5.74) is 5.55. The van der Waals surface area contributed by atoms with Crippen molar-refractivity contribution >= 4 is 32.4 Å². The topological polar surface area (TPSA) is 92.8 Å². The predicted octanol–water partition coefficient (Wildman–Crippen LogP) is 0.0918. The van der Waals surface area contributed by atoms with Gasteiger partial charge in [0.25, 0.3) is 0 Å². The molecule has 0 aliphatic carbocycles. The fourth-order valence-electron chi connectivity index (χ4n) is 0.692. The van der Waals surface area contributed by atoms with Gasteiger partial charge in [0.2, 0.25) is 0 Å². The number of benzene rings is 1. The van der Waals surface area contributed by atoms with E-state index in [9.17, 15) is 4.57 Å². The van der Waals surface area contributed by atoms with Gasteiger partial charge in [-0.05, 0) is 12.1 Å². The van der Waals surface area contributed by atoms with Gasteiger partial charge in [-0.25, -0.2) is 4.57 Å². The van der Waals surface area contributed by atoms with Crippen molar-refractivity contribution in [1.82, 2.24) is 0 Å². The van der Waals surface area contributed by atoms with Crippen molar-refractivity contribution in [2.45, 2.75) is 0 Å². The molecule has 4 N–H and O–H groups in total. The molecule has 13 heavy (non-hydrogen) atoms. The van der Waals surface area contributed by atoms with Crippen LogP contribution in [0.3, 0.4) is 0 Å². The van der Waals surface area contributed by atoms with Gasteiger partial charge in [0, 0.05) is 0 Å². The number of rotatable bonds is 2. The Morgan fingerprint density at radius 2 is 1.85 bits per heavy atom. The molecule has 1 aromatic rings. The molecular formula is C6H9LiNO4P. The summed E-state index contributed by atoms with van der Waals surface area (Å²) in [4.78, 5) is 16.9. The maximum absolute atomic E-state index is 10.4. The Labute approximate surface area is 87.3 Å². The van der Waals surface area contributed by atoms with E-state index in [1.807, 2.05) is 0 Å². The van der Waals surface area contributed by atoms with Gasteiger partial charge in [-0.1, -0.05) is 12.1 Å². The van der Waals surface area contributed by atoms with Gasteiger partial charge < -0.3 is 10.3 Å². The normalized spacial score (nSPS) is 10.3. The van der Waals surface area contributed by atoms with Gasteiger partial charge in [0.05, 0.1) is 5.69 Å². The van der Waals surface area contributed by atoms with Gasteiger partial charge in [0.1, 0.15) is 0 Å². The second kappa shape index (κ2) is 4.71. The first-order valence-electron chi connectivity index (χ1n) is 3.09. The molecule has 1 aromatic carbocycles. The monoisotopic (exact) mass is 197 g/mol. The first kappa shape index (κ1) is 12.6. The second-order valence-electron chi connectivity index (χ2n) is 2.12. The molecule has 5 nitrogen and oxygen atoms in total. The van der Waals surface area contributed by atoms with E-state index in [0.29, 0.717) is 0 Å². The van der Waals surface area contributed by atoms with E-state index in [2.05, 4.69) is 4.52 Å². The zero-order valence-electron chi connectivity index (χ0n) is 6.04. The molecule has 68 valence electrons. The van der Waals surface area contributed by atoms with Crippen molar-refractivity contribution in [1.29, 1.82) is 0 Å². The molecule has 0 saturated heterocycles. The first-order valence-corrected chi connectivity index (χ1v) is 4.62. The molecule has 0 aliphatic heterocycles. The summed E-state index contributed by atoms with van der Waals surface area (Å²) in [6, 6.07) is 6.09. The van der Waals surface area contributed by atoms with Crippen LogP contribution in [0.15, 0.2) is 24.3 Å². The number of hydrogen-bond acceptors (Lipinski definition) is 3. The van der Waals surface area contributed by atoms with E-state index >= 15 is 0 Å². The van der Waals surface area contributed by atoms with Gasteiger partial charge in [-0.3, -0.25) is 9.79 Å². The standard InChI is InChI=1S/C6H8NO4P.Li.H/c7-5-3-1-2-4-6(5)11-12(8,9)10;;/h1-4H,7H2,(H2,8,9,10);;. The molecule has 0 fully saturated rings. The zero-order chi connectivity index (χ0) is 9.19. The molecule has 1 rings (SSSR count). The molecule has 0 atom stereocenters. The number of nitrogens with two attached hydrogens (primary N) is 1. The van der Waals surface area contributed by atoms with Gasteiger partial charge >= 0.3 is 26.7 Å². The minimum atomic E-state index is -4.49. The fraction of sp³-hybridized carbons (Fsp3) is 0. The van der Waals surface area contributed by atoms with Gasteiger partial charge in [-0.2, -0.15) is 0 Å². The third kappa shape index (κ3) is 4.37. The van der Waals surface area contributed by atoms with Crippen LogP contribution < -0.4 is 10.3 Å². The van der Waals surface area contributed by atoms with Crippen LogP contribution in [0.1, 0.15) is 0 Å². The Bertz CT molecular complexity index is 326. The van der Waals surface area contributed by atoms with Crippen molar-refractivity contribution < 1.29 is 18.9 Å². The summed E-state index contributed by atoms with van der Waals surface area (Å²) in [6.45, 7) is 0. The number of nitrogen functional groups attached to an aromatic ring is 1. The summed E-state index contributed by atoms with van der Waals surface area (Å²) in [5.74, 6) is -0.00849. The third-order valence-corrected chi connectivity index (χ3v) is 1.57. The Balaban J connectivity index is 0.00000144. The van der Waals surface area contributed by atoms with Crippen LogP contribution in [0.25, 0.3) is 0 Å². The Kier molecular flexibility index (Phi) is 4.55. The van der Waals surface area contributed by atoms with Gasteiger partial charge in [0.15, 0.2) is 5.75 Å². The van der Waals surface area contributed by atoms with Crippen molar-refractivity contribution in [2.75, 3.05) is 5.73 Å². The molecule has 0 aliphatic rings. The minimum absolute atomic E-state index is 0. The van der Waals surface area contributed by atoms with Gasteiger partial charge in [-0.15, -0.1) is 0 Å². The molecule has 0 heterocycles. The van der Waals surface area contributed by atoms with Crippen LogP contribution in [0, 0.1) is 0 Å². The molecule has 0 spiro atoms. The van der Waals surface area contributed by atoms with E-state index in [0.717, 1.165) is 0 Å². The molecule has 0 amide bonds. The Hall–Kier alpha value is -0.433. The SMILES string of the molecule is Nc1ccccc1OP(=O)(O)O.[LiH]. The van der Waals surface area contributed by atoms with E-state index in [4.69, 9.17) is 15.5 Å². The average molecular weight is 197 g/mol. The molecule has 0 aromatic heterocycles. The van der Waals surface area contributed by atoms with Crippen LogP contribution in [-0.4, -0.2) is 28.6 Å². The van der Waals surface area contributed by atoms with Crippen molar-refractivity contribution in [3.05, 3.63) is 24.3 Å². The number of phosphoric ester groups is 1. The summed E-state index contributed by atoms with van der Waals surface area (Å²) < 4.78 is 14.6. The number of phosphoric acid groups is 1. The predicted molar refractivity (Wildman–Crippen MR) is 50.7 cm³/mol. The van der Waals surface area contributed by atoms with Crippen LogP contribution in [-0.2, 0) is 4.57 Å². The molecule has 0 bridgehead atoms. The summed E-state index contributed by atoms with van der Waals surface area (Å²) in [5, 5.41) is 0. The quantitative estimate of drug-likeness (QED) is 0.355. The summed E-state index contributed by atoms with van der Waals surface area (Å²) in [7, 11) is -4.49. The third-order valence-electron chi connectivity index (χ3n) is 1.14. The number of hydrogen-bond donors (Lipinski definition) is 3. The molecule has 0 radical (unpaired) electrons. The zero-order valence-corrected chi connectivity index (χ0v) is 6.94. The average Bonchev–Trinajstić information content (AvgIpc) is 1.91. The fourth-order valence-corrected chi connectivity index (χ4v) is 1.11. The van der Waals surface area contributed by atoms with Crippen molar-refractivity contribution in [2.24, 2.45) is 0 Å². The van der Waals surface area contributed by atoms with Crippen molar-refractivity contribution in [3.8, 4) is 5.75 Å². The van der Waals surface area contributed by atoms with Crippen LogP contribution in [0.4, 0.5) is 5.69 Å². The van der Waals surface area contributed by atoms with Crippen molar-refractivity contribution in [3.63, 3.8) is 0 Å². The first-order chi connectivity index (χ1) is 5.49.